The summed E-state index contributed by atoms with van der Waals surface area (Å²) in [6.07, 6.45) is 2.42. The van der Waals surface area contributed by atoms with Gasteiger partial charge < -0.3 is 10.0 Å². The van der Waals surface area contributed by atoms with Crippen molar-refractivity contribution in [1.82, 2.24) is 0 Å². The van der Waals surface area contributed by atoms with Crippen LogP contribution >= 0.6 is 0 Å². The van der Waals surface area contributed by atoms with Crippen molar-refractivity contribution in [3.8, 4) is 0 Å². The van der Waals surface area contributed by atoms with E-state index in [0.717, 1.165) is 18.5 Å². The molecule has 5 heteroatoms. The number of carboxylic acid groups (broad SMARTS) is 1. The number of anilines is 1. The maximum atomic E-state index is 11.6. The Kier molecular flexibility index (Phi) is 3.88. The van der Waals surface area contributed by atoms with E-state index < -0.39 is 5.97 Å². The zero-order chi connectivity index (χ0) is 14.9. The van der Waals surface area contributed by atoms with E-state index in [0.29, 0.717) is 11.6 Å². The van der Waals surface area contributed by atoms with E-state index in [9.17, 15) is 14.7 Å². The van der Waals surface area contributed by atoms with Crippen LogP contribution in [0.15, 0.2) is 18.2 Å². The van der Waals surface area contributed by atoms with Crippen molar-refractivity contribution in [2.75, 3.05) is 11.9 Å². The summed E-state index contributed by atoms with van der Waals surface area (Å²) >= 11 is 0. The molecule has 0 aliphatic heterocycles. The largest absolute Gasteiger partial charge is 0.478 e. The molecule has 1 aliphatic carbocycles. The monoisotopic (exact) mass is 274 g/mol. The maximum Gasteiger partial charge on any atom is 0.335 e. The summed E-state index contributed by atoms with van der Waals surface area (Å²) in [4.78, 5) is 24.9. The van der Waals surface area contributed by atoms with Crippen molar-refractivity contribution < 1.29 is 14.7 Å². The first kappa shape index (κ1) is 14.2. The molecule has 1 aromatic rings. The van der Waals surface area contributed by atoms with Gasteiger partial charge in [0.1, 0.15) is 5.71 Å². The number of carboxylic acids is 1. The molecule has 5 nitrogen and oxygen atoms in total. The predicted molar refractivity (Wildman–Crippen MR) is 77.0 cm³/mol. The molecule has 2 N–H and O–H groups in total. The van der Waals surface area contributed by atoms with Crippen LogP contribution < -0.4 is 4.90 Å². The van der Waals surface area contributed by atoms with Gasteiger partial charge in [-0.2, -0.15) is 0 Å². The average Bonchev–Trinajstić information content (AvgIpc) is 3.28. The molecule has 1 aliphatic rings. The molecule has 20 heavy (non-hydrogen) atoms. The van der Waals surface area contributed by atoms with Crippen molar-refractivity contribution >= 4 is 23.2 Å². The van der Waals surface area contributed by atoms with Gasteiger partial charge in [0.25, 0.3) is 0 Å². The molecule has 0 radical (unpaired) electrons. The highest BCUT2D eigenvalue weighted by Crippen LogP contribution is 2.31. The Bertz CT molecular complexity index is 576. The van der Waals surface area contributed by atoms with E-state index in [1.54, 1.807) is 19.1 Å². The first-order valence-electron chi connectivity index (χ1n) is 6.67. The fourth-order valence-electron chi connectivity index (χ4n) is 2.09. The van der Waals surface area contributed by atoms with Crippen LogP contribution in [0.5, 0.6) is 0 Å². The topological polar surface area (TPSA) is 81.5 Å². The molecule has 1 aromatic carbocycles. The Morgan fingerprint density at radius 1 is 1.30 bits per heavy atom. The van der Waals surface area contributed by atoms with Crippen LogP contribution in [0.2, 0.25) is 0 Å². The van der Waals surface area contributed by atoms with Crippen molar-refractivity contribution in [3.63, 3.8) is 0 Å². The first-order chi connectivity index (χ1) is 9.43. The van der Waals surface area contributed by atoms with Gasteiger partial charge in [0.05, 0.1) is 5.56 Å². The molecule has 1 fully saturated rings. The lowest BCUT2D eigenvalue weighted by atomic mass is 10.0. The van der Waals surface area contributed by atoms with Gasteiger partial charge >= 0.3 is 5.97 Å². The molecule has 0 bridgehead atoms. The summed E-state index contributed by atoms with van der Waals surface area (Å²) in [5.41, 5.74) is 1.11. The summed E-state index contributed by atoms with van der Waals surface area (Å²) < 4.78 is 0. The number of carbonyl (C=O) groups is 2. The van der Waals surface area contributed by atoms with E-state index in [1.165, 1.54) is 6.07 Å². The Balaban J connectivity index is 2.42. The maximum absolute atomic E-state index is 11.6. The predicted octanol–water partition coefficient (Wildman–Crippen LogP) is 2.33. The Hall–Kier alpha value is -2.17. The van der Waals surface area contributed by atoms with Crippen LogP contribution in [-0.2, 0) is 4.79 Å². The van der Waals surface area contributed by atoms with Crippen LogP contribution in [0.25, 0.3) is 0 Å². The van der Waals surface area contributed by atoms with Gasteiger partial charge in [0, 0.05) is 30.8 Å². The van der Waals surface area contributed by atoms with Crippen LogP contribution in [0, 0.1) is 5.41 Å². The van der Waals surface area contributed by atoms with E-state index >= 15 is 0 Å². The minimum atomic E-state index is -1.05. The number of hydrogen-bond acceptors (Lipinski definition) is 4. The molecule has 2 rings (SSSR count). The summed E-state index contributed by atoms with van der Waals surface area (Å²) in [7, 11) is 1.91. The van der Waals surface area contributed by atoms with Crippen molar-refractivity contribution in [3.05, 3.63) is 29.3 Å². The number of benzene rings is 1. The second kappa shape index (κ2) is 5.45. The standard InChI is InChI=1S/C15H18N2O3/c1-3-13(18)14(16)9-6-10(15(19)20)8-12(7-9)17(2)11-4-5-11/h6-8,11,16H,3-5H2,1-2H3,(H,19,20). The molecule has 0 aromatic heterocycles. The summed E-state index contributed by atoms with van der Waals surface area (Å²) in [5, 5.41) is 17.0. The molecule has 1 saturated carbocycles. The fourth-order valence-corrected chi connectivity index (χ4v) is 2.09. The molecule has 106 valence electrons. The van der Waals surface area contributed by atoms with Crippen LogP contribution in [-0.4, -0.2) is 35.7 Å². The van der Waals surface area contributed by atoms with Gasteiger partial charge in [-0.25, -0.2) is 4.79 Å². The fraction of sp³-hybridized carbons (Fsp3) is 0.400. The number of rotatable bonds is 6. The van der Waals surface area contributed by atoms with Gasteiger partial charge in [0.15, 0.2) is 5.78 Å². The molecule has 0 heterocycles. The van der Waals surface area contributed by atoms with E-state index in [1.807, 2.05) is 11.9 Å². The Labute approximate surface area is 117 Å². The summed E-state index contributed by atoms with van der Waals surface area (Å²) in [5.74, 6) is -1.33. The molecular weight excluding hydrogens is 256 g/mol. The number of carbonyl (C=O) groups excluding carboxylic acids is 1. The quantitative estimate of drug-likeness (QED) is 0.780. The average molecular weight is 274 g/mol. The molecule has 0 atom stereocenters. The third-order valence-electron chi connectivity index (χ3n) is 3.56. The van der Waals surface area contributed by atoms with E-state index in [4.69, 9.17) is 5.41 Å². The zero-order valence-electron chi connectivity index (χ0n) is 11.6. The summed E-state index contributed by atoms with van der Waals surface area (Å²) in [6.45, 7) is 1.69. The number of ketones is 1. The summed E-state index contributed by atoms with van der Waals surface area (Å²) in [6, 6.07) is 5.14. The minimum Gasteiger partial charge on any atom is -0.478 e. The highest BCUT2D eigenvalue weighted by atomic mass is 16.4. The molecular formula is C15H18N2O3. The highest BCUT2D eigenvalue weighted by Gasteiger charge is 2.27. The minimum absolute atomic E-state index is 0.110. The second-order valence-corrected chi connectivity index (χ2v) is 5.07. The van der Waals surface area contributed by atoms with E-state index in [-0.39, 0.29) is 23.5 Å². The normalized spacial score (nSPS) is 13.9. The SMILES string of the molecule is CCC(=O)C(=N)c1cc(C(=O)O)cc(N(C)C2CC2)c1. The third kappa shape index (κ3) is 2.87. The number of nitrogens with one attached hydrogen (secondary N) is 1. The molecule has 0 spiro atoms. The Morgan fingerprint density at radius 3 is 2.40 bits per heavy atom. The highest BCUT2D eigenvalue weighted by molar-refractivity contribution is 6.45. The number of hydrogen-bond donors (Lipinski definition) is 2. The molecule has 0 saturated heterocycles. The number of Topliss-reactive ketones (excluding diaryl/α,β-unsaturated/α-hetero) is 1. The smallest absolute Gasteiger partial charge is 0.335 e. The van der Waals surface area contributed by atoms with Crippen LogP contribution in [0.4, 0.5) is 5.69 Å². The third-order valence-corrected chi connectivity index (χ3v) is 3.56. The van der Waals surface area contributed by atoms with Gasteiger partial charge in [-0.05, 0) is 31.0 Å². The van der Waals surface area contributed by atoms with Crippen molar-refractivity contribution in [2.45, 2.75) is 32.2 Å². The lowest BCUT2D eigenvalue weighted by molar-refractivity contribution is -0.112. The van der Waals surface area contributed by atoms with Gasteiger partial charge in [-0.3, -0.25) is 10.2 Å². The van der Waals surface area contributed by atoms with Crippen molar-refractivity contribution in [2.24, 2.45) is 0 Å². The van der Waals surface area contributed by atoms with Crippen LogP contribution in [0.3, 0.4) is 0 Å². The molecule has 0 unspecified atom stereocenters. The first-order valence-corrected chi connectivity index (χ1v) is 6.67. The number of aromatic carboxylic acids is 1. The van der Waals surface area contributed by atoms with Gasteiger partial charge in [-0.1, -0.05) is 6.92 Å². The Morgan fingerprint density at radius 2 is 1.90 bits per heavy atom. The molecule has 0 amide bonds. The lowest BCUT2D eigenvalue weighted by Gasteiger charge is -2.20. The number of nitrogens with zero attached hydrogens (tertiary/aromatic N) is 1. The van der Waals surface area contributed by atoms with Gasteiger partial charge in [0.2, 0.25) is 0 Å². The zero-order valence-corrected chi connectivity index (χ0v) is 11.6. The second-order valence-electron chi connectivity index (χ2n) is 5.07. The van der Waals surface area contributed by atoms with E-state index in [2.05, 4.69) is 0 Å². The van der Waals surface area contributed by atoms with Crippen molar-refractivity contribution in [1.29, 1.82) is 5.41 Å². The lowest BCUT2D eigenvalue weighted by Crippen LogP contribution is -2.21. The van der Waals surface area contributed by atoms with Crippen LogP contribution in [0.1, 0.15) is 42.1 Å². The van der Waals surface area contributed by atoms with Gasteiger partial charge in [-0.15, -0.1) is 0 Å².